The van der Waals surface area contributed by atoms with Gasteiger partial charge in [-0.3, -0.25) is 14.5 Å². The van der Waals surface area contributed by atoms with Crippen LogP contribution < -0.4 is 4.90 Å². The van der Waals surface area contributed by atoms with E-state index in [1.807, 2.05) is 0 Å². The fraction of sp³-hybridized carbons (Fsp3) is 0.583. The van der Waals surface area contributed by atoms with Crippen molar-refractivity contribution in [1.29, 1.82) is 0 Å². The minimum atomic E-state index is -0.857. The number of para-hydroxylation sites is 1. The van der Waals surface area contributed by atoms with Crippen molar-refractivity contribution in [2.45, 2.75) is 56.3 Å². The maximum absolute atomic E-state index is 13.7. The molecule has 5 fully saturated rings. The molecule has 5 bridgehead atoms. The lowest BCUT2D eigenvalue weighted by Crippen LogP contribution is -2.71. The van der Waals surface area contributed by atoms with Crippen LogP contribution in [0.2, 0.25) is 0 Å². The molecular weight excluding hydrogens is 380 g/mol. The standard InChI is InChI=1S/C24H28N2O4/c1-5-14-12-26-18-10-16(14)24(22(28)29-4)19(26)11-23(21(24)30-13(2)27)15-8-6-7-9-17(15)25(3)20(18)23/h5-9,16,18-21H,10-12H2,1-4H3/b14-5+. The van der Waals surface area contributed by atoms with E-state index in [0.717, 1.165) is 19.4 Å². The molecule has 8 atom stereocenters. The van der Waals surface area contributed by atoms with Crippen LogP contribution in [-0.2, 0) is 24.5 Å². The lowest BCUT2D eigenvalue weighted by molar-refractivity contribution is -0.187. The first-order valence-corrected chi connectivity index (χ1v) is 10.9. The monoisotopic (exact) mass is 408 g/mol. The van der Waals surface area contributed by atoms with Gasteiger partial charge in [0.05, 0.1) is 18.6 Å². The van der Waals surface area contributed by atoms with E-state index in [1.54, 1.807) is 0 Å². The van der Waals surface area contributed by atoms with Gasteiger partial charge in [-0.05, 0) is 31.4 Å². The first-order valence-electron chi connectivity index (χ1n) is 10.9. The lowest BCUT2D eigenvalue weighted by atomic mass is 9.58. The van der Waals surface area contributed by atoms with Gasteiger partial charge in [-0.2, -0.15) is 0 Å². The number of hydrogen-bond donors (Lipinski definition) is 0. The zero-order valence-corrected chi connectivity index (χ0v) is 17.9. The van der Waals surface area contributed by atoms with Crippen LogP contribution in [-0.4, -0.2) is 61.8 Å². The van der Waals surface area contributed by atoms with Crippen molar-refractivity contribution in [3.8, 4) is 0 Å². The molecule has 0 N–H and O–H groups in total. The Kier molecular flexibility index (Phi) is 3.48. The molecule has 1 saturated carbocycles. The third kappa shape index (κ3) is 1.71. The van der Waals surface area contributed by atoms with Crippen molar-refractivity contribution in [2.24, 2.45) is 11.3 Å². The molecule has 7 rings (SSSR count). The maximum Gasteiger partial charge on any atom is 0.317 e. The molecule has 4 saturated heterocycles. The first kappa shape index (κ1) is 18.4. The molecule has 158 valence electrons. The summed E-state index contributed by atoms with van der Waals surface area (Å²) in [7, 11) is 3.63. The third-order valence-electron chi connectivity index (χ3n) is 8.97. The molecule has 5 heterocycles. The molecule has 0 amide bonds. The normalized spacial score (nSPS) is 45.5. The van der Waals surface area contributed by atoms with Gasteiger partial charge >= 0.3 is 11.9 Å². The van der Waals surface area contributed by atoms with Crippen LogP contribution in [0.5, 0.6) is 0 Å². The Morgan fingerprint density at radius 1 is 1.27 bits per heavy atom. The quantitative estimate of drug-likeness (QED) is 0.553. The summed E-state index contributed by atoms with van der Waals surface area (Å²) in [6, 6.07) is 8.99. The summed E-state index contributed by atoms with van der Waals surface area (Å²) in [6.07, 6.45) is 3.33. The molecule has 1 aliphatic carbocycles. The smallest absolute Gasteiger partial charge is 0.317 e. The van der Waals surface area contributed by atoms with Crippen LogP contribution >= 0.6 is 0 Å². The van der Waals surface area contributed by atoms with E-state index in [4.69, 9.17) is 9.47 Å². The Hall–Kier alpha value is -2.34. The van der Waals surface area contributed by atoms with Gasteiger partial charge in [-0.15, -0.1) is 0 Å². The van der Waals surface area contributed by atoms with E-state index in [0.29, 0.717) is 6.04 Å². The first-order chi connectivity index (χ1) is 14.4. The Morgan fingerprint density at radius 2 is 2.03 bits per heavy atom. The van der Waals surface area contributed by atoms with E-state index < -0.39 is 16.9 Å². The van der Waals surface area contributed by atoms with Crippen LogP contribution in [0.3, 0.4) is 0 Å². The largest absolute Gasteiger partial charge is 0.468 e. The van der Waals surface area contributed by atoms with Gasteiger partial charge in [-0.1, -0.05) is 29.8 Å². The average Bonchev–Trinajstić information content (AvgIpc) is 3.14. The Morgan fingerprint density at radius 3 is 2.73 bits per heavy atom. The number of anilines is 1. The number of carbonyl (C=O) groups excluding carboxylic acids is 2. The second-order valence-corrected chi connectivity index (χ2v) is 9.64. The number of ether oxygens (including phenoxy) is 2. The summed E-state index contributed by atoms with van der Waals surface area (Å²) >= 11 is 0. The number of esters is 2. The Balaban J connectivity index is 1.69. The highest BCUT2D eigenvalue weighted by Gasteiger charge is 2.84. The topological polar surface area (TPSA) is 59.1 Å². The predicted octanol–water partition coefficient (Wildman–Crippen LogP) is 2.27. The minimum Gasteiger partial charge on any atom is -0.468 e. The van der Waals surface area contributed by atoms with Crippen molar-refractivity contribution >= 4 is 17.6 Å². The maximum atomic E-state index is 13.7. The average molecular weight is 408 g/mol. The molecule has 1 spiro atoms. The van der Waals surface area contributed by atoms with Gasteiger partial charge < -0.3 is 14.4 Å². The van der Waals surface area contributed by atoms with E-state index in [2.05, 4.69) is 54.1 Å². The SMILES string of the molecule is C/C=C1\CN2C3CC1C1(C(=O)OC)C2CC2(c4ccccc4N(C)C32)C1OC(C)=O. The molecule has 8 unspecified atom stereocenters. The molecule has 1 aromatic carbocycles. The number of hydrogen-bond acceptors (Lipinski definition) is 6. The predicted molar refractivity (Wildman–Crippen MR) is 111 cm³/mol. The zero-order valence-electron chi connectivity index (χ0n) is 17.9. The van der Waals surface area contributed by atoms with Crippen molar-refractivity contribution in [2.75, 3.05) is 25.6 Å². The second kappa shape index (κ2) is 5.67. The highest BCUT2D eigenvalue weighted by molar-refractivity contribution is 5.85. The second-order valence-electron chi connectivity index (χ2n) is 9.64. The Labute approximate surface area is 176 Å². The summed E-state index contributed by atoms with van der Waals surface area (Å²) in [5.41, 5.74) is 2.43. The van der Waals surface area contributed by atoms with Crippen LogP contribution in [0, 0.1) is 11.3 Å². The van der Waals surface area contributed by atoms with Crippen molar-refractivity contribution < 1.29 is 19.1 Å². The van der Waals surface area contributed by atoms with Crippen LogP contribution in [0.15, 0.2) is 35.9 Å². The number of carbonyl (C=O) groups is 2. The highest BCUT2D eigenvalue weighted by atomic mass is 16.6. The fourth-order valence-corrected chi connectivity index (χ4v) is 8.30. The molecule has 6 aliphatic rings. The number of likely N-dealkylation sites (N-methyl/N-ethyl adjacent to an activating group) is 1. The number of nitrogens with zero attached hydrogens (tertiary/aromatic N) is 2. The van der Waals surface area contributed by atoms with Gasteiger partial charge in [0.15, 0.2) is 0 Å². The third-order valence-corrected chi connectivity index (χ3v) is 8.97. The number of fused-ring (bicyclic) bond motifs is 2. The van der Waals surface area contributed by atoms with Crippen molar-refractivity contribution in [3.63, 3.8) is 0 Å². The number of methoxy groups -OCH3 is 1. The fourth-order valence-electron chi connectivity index (χ4n) is 8.30. The van der Waals surface area contributed by atoms with Gasteiger partial charge in [0.1, 0.15) is 11.5 Å². The molecule has 30 heavy (non-hydrogen) atoms. The summed E-state index contributed by atoms with van der Waals surface area (Å²) in [4.78, 5) is 31.0. The lowest BCUT2D eigenvalue weighted by Gasteiger charge is -2.61. The highest BCUT2D eigenvalue weighted by Crippen LogP contribution is 2.73. The molecule has 5 aliphatic heterocycles. The van der Waals surface area contributed by atoms with Gasteiger partial charge in [0, 0.05) is 44.2 Å². The van der Waals surface area contributed by atoms with E-state index in [9.17, 15) is 9.59 Å². The summed E-state index contributed by atoms with van der Waals surface area (Å²) in [5, 5.41) is 0. The summed E-state index contributed by atoms with van der Waals surface area (Å²) < 4.78 is 11.7. The number of benzene rings is 1. The Bertz CT molecular complexity index is 1000. The van der Waals surface area contributed by atoms with Crippen LogP contribution in [0.25, 0.3) is 0 Å². The number of piperidine rings is 4. The van der Waals surface area contributed by atoms with Gasteiger partial charge in [-0.25, -0.2) is 0 Å². The molecule has 1 aromatic rings. The van der Waals surface area contributed by atoms with Crippen molar-refractivity contribution in [3.05, 3.63) is 41.5 Å². The zero-order chi connectivity index (χ0) is 21.0. The van der Waals surface area contributed by atoms with Gasteiger partial charge in [0.25, 0.3) is 0 Å². The van der Waals surface area contributed by atoms with Crippen LogP contribution in [0.1, 0.15) is 32.3 Å². The molecule has 0 aromatic heterocycles. The molecule has 6 heteroatoms. The molecule has 6 nitrogen and oxygen atoms in total. The van der Waals surface area contributed by atoms with Crippen molar-refractivity contribution in [1.82, 2.24) is 4.90 Å². The van der Waals surface area contributed by atoms with E-state index >= 15 is 0 Å². The number of allylic oxidation sites excluding steroid dienone is 1. The minimum absolute atomic E-state index is 0.0255. The van der Waals surface area contributed by atoms with Crippen LogP contribution in [0.4, 0.5) is 5.69 Å². The summed E-state index contributed by atoms with van der Waals surface area (Å²) in [5.74, 6) is -0.506. The molecule has 0 radical (unpaired) electrons. The summed E-state index contributed by atoms with van der Waals surface area (Å²) in [6.45, 7) is 4.40. The van der Waals surface area contributed by atoms with E-state index in [1.165, 1.54) is 30.9 Å². The molecular formula is C24H28N2O4. The number of rotatable bonds is 2. The van der Waals surface area contributed by atoms with Gasteiger partial charge in [0.2, 0.25) is 0 Å². The van der Waals surface area contributed by atoms with E-state index in [-0.39, 0.29) is 29.9 Å².